The molecule has 1 aromatic heterocycles. The lowest BCUT2D eigenvalue weighted by Gasteiger charge is -2.06. The van der Waals surface area contributed by atoms with Crippen LogP contribution in [0.5, 0.6) is 0 Å². The second-order valence-electron chi connectivity index (χ2n) is 2.64. The summed E-state index contributed by atoms with van der Waals surface area (Å²) in [6, 6.07) is 1.65. The maximum atomic E-state index is 10.6. The highest BCUT2D eigenvalue weighted by Gasteiger charge is 2.01. The average Bonchev–Trinajstić information content (AvgIpc) is 2.15. The molecule has 3 nitrogen and oxygen atoms in total. The van der Waals surface area contributed by atoms with Crippen LogP contribution in [0.2, 0.25) is 5.15 Å². The molecule has 0 radical (unpaired) electrons. The van der Waals surface area contributed by atoms with Crippen LogP contribution >= 0.6 is 11.6 Å². The zero-order valence-electron chi connectivity index (χ0n) is 7.38. The highest BCUT2D eigenvalue weighted by Crippen LogP contribution is 2.16. The van der Waals surface area contributed by atoms with Crippen LogP contribution in [0.25, 0.3) is 0 Å². The number of nitrogens with zero attached hydrogens (tertiary/aromatic N) is 1. The minimum absolute atomic E-state index is 0.393. The number of aromatic nitrogens is 1. The third-order valence-electron chi connectivity index (χ3n) is 1.59. The molecule has 0 aliphatic heterocycles. The van der Waals surface area contributed by atoms with Gasteiger partial charge in [0, 0.05) is 18.4 Å². The molecule has 0 spiro atoms. The van der Waals surface area contributed by atoms with E-state index in [4.69, 9.17) is 11.6 Å². The molecule has 4 heteroatoms. The Balaban J connectivity index is 2.87. The summed E-state index contributed by atoms with van der Waals surface area (Å²) in [6.07, 6.45) is 3.23. The van der Waals surface area contributed by atoms with Gasteiger partial charge in [0.05, 0.1) is 5.56 Å². The monoisotopic (exact) mass is 198 g/mol. The van der Waals surface area contributed by atoms with Gasteiger partial charge in [-0.2, -0.15) is 0 Å². The molecule has 0 bridgehead atoms. The van der Waals surface area contributed by atoms with Crippen molar-refractivity contribution in [1.29, 1.82) is 0 Å². The first-order valence-corrected chi connectivity index (χ1v) is 4.50. The number of carbonyl (C=O) groups excluding carboxylic acids is 1. The number of aldehydes is 1. The number of carbonyl (C=O) groups is 1. The number of pyridine rings is 1. The Bertz CT molecular complexity index is 302. The summed E-state index contributed by atoms with van der Waals surface area (Å²) in [4.78, 5) is 14.4. The molecule has 0 amide bonds. The lowest BCUT2D eigenvalue weighted by molar-refractivity contribution is 0.112. The predicted molar refractivity (Wildman–Crippen MR) is 53.4 cm³/mol. The van der Waals surface area contributed by atoms with Crippen molar-refractivity contribution in [1.82, 2.24) is 4.98 Å². The van der Waals surface area contributed by atoms with Crippen LogP contribution in [-0.4, -0.2) is 17.8 Å². The molecule has 1 N–H and O–H groups in total. The van der Waals surface area contributed by atoms with E-state index >= 15 is 0 Å². The van der Waals surface area contributed by atoms with E-state index in [0.29, 0.717) is 10.7 Å². The van der Waals surface area contributed by atoms with E-state index in [-0.39, 0.29) is 0 Å². The average molecular weight is 199 g/mol. The minimum atomic E-state index is 0.393. The maximum absolute atomic E-state index is 10.6. The lowest BCUT2D eigenvalue weighted by atomic mass is 10.2. The third kappa shape index (κ3) is 2.70. The van der Waals surface area contributed by atoms with Crippen LogP contribution in [0.3, 0.4) is 0 Å². The Morgan fingerprint density at radius 2 is 2.46 bits per heavy atom. The number of hydrogen-bond donors (Lipinski definition) is 1. The fourth-order valence-electron chi connectivity index (χ4n) is 0.947. The van der Waals surface area contributed by atoms with Crippen molar-refractivity contribution >= 4 is 23.6 Å². The van der Waals surface area contributed by atoms with Gasteiger partial charge in [-0.15, -0.1) is 0 Å². The third-order valence-corrected chi connectivity index (χ3v) is 1.80. The molecule has 0 fully saturated rings. The van der Waals surface area contributed by atoms with Crippen molar-refractivity contribution < 1.29 is 4.79 Å². The van der Waals surface area contributed by atoms with Gasteiger partial charge >= 0.3 is 0 Å². The van der Waals surface area contributed by atoms with Crippen LogP contribution in [-0.2, 0) is 0 Å². The predicted octanol–water partition coefficient (Wildman–Crippen LogP) is 2.37. The lowest BCUT2D eigenvalue weighted by Crippen LogP contribution is -2.03. The summed E-state index contributed by atoms with van der Waals surface area (Å²) in [5.74, 6) is 0. The van der Waals surface area contributed by atoms with E-state index in [1.54, 1.807) is 6.07 Å². The molecule has 0 aliphatic rings. The Labute approximate surface area is 82.1 Å². The number of rotatable bonds is 4. The van der Waals surface area contributed by atoms with Crippen molar-refractivity contribution in [2.75, 3.05) is 11.9 Å². The zero-order chi connectivity index (χ0) is 9.68. The van der Waals surface area contributed by atoms with Gasteiger partial charge in [0.1, 0.15) is 5.15 Å². The van der Waals surface area contributed by atoms with Gasteiger partial charge in [-0.05, 0) is 12.5 Å². The van der Waals surface area contributed by atoms with E-state index in [1.807, 2.05) is 0 Å². The second-order valence-corrected chi connectivity index (χ2v) is 3.03. The van der Waals surface area contributed by atoms with Crippen molar-refractivity contribution in [2.24, 2.45) is 0 Å². The van der Waals surface area contributed by atoms with Crippen LogP contribution in [0.4, 0.5) is 5.69 Å². The number of hydrogen-bond acceptors (Lipinski definition) is 3. The molecular formula is C9H11ClN2O. The van der Waals surface area contributed by atoms with E-state index < -0.39 is 0 Å². The number of anilines is 1. The van der Waals surface area contributed by atoms with Gasteiger partial charge in [0.15, 0.2) is 6.29 Å². The standard InChI is InChI=1S/C9H11ClN2O/c1-2-3-11-8-4-9(10)12-5-7(8)6-13/h4-6H,2-3H2,1H3,(H,11,12). The number of nitrogens with one attached hydrogen (secondary N) is 1. The SMILES string of the molecule is CCCNc1cc(Cl)ncc1C=O. The Hall–Kier alpha value is -1.09. The van der Waals surface area contributed by atoms with Crippen molar-refractivity contribution in [3.8, 4) is 0 Å². The van der Waals surface area contributed by atoms with E-state index in [2.05, 4.69) is 17.2 Å². The van der Waals surface area contributed by atoms with Crippen LogP contribution in [0.1, 0.15) is 23.7 Å². The van der Waals surface area contributed by atoms with Crippen molar-refractivity contribution in [3.05, 3.63) is 23.0 Å². The molecule has 0 saturated carbocycles. The van der Waals surface area contributed by atoms with E-state index in [0.717, 1.165) is 24.9 Å². The maximum Gasteiger partial charge on any atom is 0.153 e. The van der Waals surface area contributed by atoms with Crippen molar-refractivity contribution in [2.45, 2.75) is 13.3 Å². The van der Waals surface area contributed by atoms with Gasteiger partial charge in [-0.25, -0.2) is 4.98 Å². The summed E-state index contributed by atoms with van der Waals surface area (Å²) in [7, 11) is 0. The summed E-state index contributed by atoms with van der Waals surface area (Å²) in [5.41, 5.74) is 1.29. The Morgan fingerprint density at radius 1 is 1.69 bits per heavy atom. The largest absolute Gasteiger partial charge is 0.384 e. The van der Waals surface area contributed by atoms with Gasteiger partial charge in [-0.3, -0.25) is 4.79 Å². The van der Waals surface area contributed by atoms with Crippen LogP contribution in [0, 0.1) is 0 Å². The van der Waals surface area contributed by atoms with Crippen molar-refractivity contribution in [3.63, 3.8) is 0 Å². The molecule has 70 valence electrons. The molecular weight excluding hydrogens is 188 g/mol. The fraction of sp³-hybridized carbons (Fsp3) is 0.333. The molecule has 1 rings (SSSR count). The smallest absolute Gasteiger partial charge is 0.153 e. The van der Waals surface area contributed by atoms with Crippen LogP contribution < -0.4 is 5.32 Å². The molecule has 1 heterocycles. The highest BCUT2D eigenvalue weighted by molar-refractivity contribution is 6.29. The Kier molecular flexibility index (Phi) is 3.71. The highest BCUT2D eigenvalue weighted by atomic mass is 35.5. The molecule has 13 heavy (non-hydrogen) atoms. The quantitative estimate of drug-likeness (QED) is 0.597. The normalized spacial score (nSPS) is 9.69. The van der Waals surface area contributed by atoms with E-state index in [1.165, 1.54) is 6.20 Å². The Morgan fingerprint density at radius 3 is 3.08 bits per heavy atom. The molecule has 0 saturated heterocycles. The molecule has 0 aliphatic carbocycles. The first kappa shape index (κ1) is 9.99. The first-order valence-electron chi connectivity index (χ1n) is 4.12. The summed E-state index contributed by atoms with van der Waals surface area (Å²) < 4.78 is 0. The van der Waals surface area contributed by atoms with Gasteiger partial charge in [0.2, 0.25) is 0 Å². The second kappa shape index (κ2) is 4.82. The summed E-state index contributed by atoms with van der Waals surface area (Å²) >= 11 is 5.69. The first-order chi connectivity index (χ1) is 6.27. The molecule has 1 aromatic rings. The van der Waals surface area contributed by atoms with Gasteiger partial charge in [0.25, 0.3) is 0 Å². The zero-order valence-corrected chi connectivity index (χ0v) is 8.14. The summed E-state index contributed by atoms with van der Waals surface area (Å²) in [5, 5.41) is 3.49. The van der Waals surface area contributed by atoms with Gasteiger partial charge in [-0.1, -0.05) is 18.5 Å². The molecule has 0 unspecified atom stereocenters. The number of halogens is 1. The van der Waals surface area contributed by atoms with E-state index in [9.17, 15) is 4.79 Å². The minimum Gasteiger partial charge on any atom is -0.384 e. The van der Waals surface area contributed by atoms with Gasteiger partial charge < -0.3 is 5.32 Å². The fourth-order valence-corrected chi connectivity index (χ4v) is 1.11. The summed E-state index contributed by atoms with van der Waals surface area (Å²) in [6.45, 7) is 2.87. The topological polar surface area (TPSA) is 42.0 Å². The molecule has 0 aromatic carbocycles. The van der Waals surface area contributed by atoms with Crippen LogP contribution in [0.15, 0.2) is 12.3 Å². The molecule has 0 atom stereocenters.